The molecule has 162 valence electrons. The van der Waals surface area contributed by atoms with Gasteiger partial charge in [0.05, 0.1) is 18.1 Å². The van der Waals surface area contributed by atoms with E-state index in [9.17, 15) is 18.0 Å². The van der Waals surface area contributed by atoms with Crippen molar-refractivity contribution < 1.29 is 17.9 Å². The normalized spacial score (nSPS) is 18.2. The monoisotopic (exact) mass is 431 g/mol. The van der Waals surface area contributed by atoms with Crippen LogP contribution in [0.4, 0.5) is 24.8 Å². The first kappa shape index (κ1) is 20.7. The maximum Gasteiger partial charge on any atom is 0.387 e. The molecular weight excluding hydrogens is 411 g/mol. The molecule has 3 aromatic heterocycles. The van der Waals surface area contributed by atoms with Crippen LogP contribution in [0.1, 0.15) is 19.3 Å². The third kappa shape index (κ3) is 5.14. The average molecular weight is 431 g/mol. The fourth-order valence-electron chi connectivity index (χ4n) is 3.59. The van der Waals surface area contributed by atoms with Crippen molar-refractivity contribution >= 4 is 11.6 Å². The third-order valence-corrected chi connectivity index (χ3v) is 5.02. The van der Waals surface area contributed by atoms with Crippen LogP contribution in [-0.4, -0.2) is 33.2 Å². The number of hydrogen-bond acceptors (Lipinski definition) is 6. The van der Waals surface area contributed by atoms with E-state index in [4.69, 9.17) is 0 Å². The van der Waals surface area contributed by atoms with Crippen LogP contribution in [0.15, 0.2) is 59.8 Å². The molecule has 7 nitrogen and oxygen atoms in total. The molecule has 1 aliphatic rings. The third-order valence-electron chi connectivity index (χ3n) is 5.02. The molecule has 0 aliphatic heterocycles. The van der Waals surface area contributed by atoms with Gasteiger partial charge in [0.2, 0.25) is 0 Å². The maximum absolute atomic E-state index is 14.1. The zero-order valence-electron chi connectivity index (χ0n) is 16.3. The number of pyridine rings is 3. The topological polar surface area (TPSA) is 81.1 Å². The summed E-state index contributed by atoms with van der Waals surface area (Å²) in [5, 5.41) is 6.35. The van der Waals surface area contributed by atoms with Gasteiger partial charge in [-0.2, -0.15) is 8.78 Å². The minimum absolute atomic E-state index is 0.00282. The summed E-state index contributed by atoms with van der Waals surface area (Å²) in [6, 6.07) is 9.53. The highest BCUT2D eigenvalue weighted by molar-refractivity contribution is 5.43. The molecule has 31 heavy (non-hydrogen) atoms. The molecule has 3 aromatic rings. The number of nitrogens with zero attached hydrogens (tertiary/aromatic N) is 3. The second-order valence-electron chi connectivity index (χ2n) is 7.19. The standard InChI is InChI=1S/C21H20F3N5O2/c22-17-10-16(31-21(23)24)12-26-20(17)28-14-5-4-13(9-14)27-18-7-6-15(11-25-18)29-8-2-1-3-19(29)30/h1-3,6-8,10-14,21H,4-5,9H2,(H,25,27)(H,26,28)/t13-,14-/m0/s1. The van der Waals surface area contributed by atoms with Gasteiger partial charge in [-0.25, -0.2) is 14.4 Å². The van der Waals surface area contributed by atoms with Crippen molar-refractivity contribution in [1.29, 1.82) is 0 Å². The summed E-state index contributed by atoms with van der Waals surface area (Å²) >= 11 is 0. The predicted octanol–water partition coefficient (Wildman–Crippen LogP) is 3.81. The van der Waals surface area contributed by atoms with E-state index < -0.39 is 12.4 Å². The quantitative estimate of drug-likeness (QED) is 0.592. The Morgan fingerprint density at radius 1 is 1.06 bits per heavy atom. The second kappa shape index (κ2) is 9.07. The van der Waals surface area contributed by atoms with Crippen molar-refractivity contribution in [2.45, 2.75) is 38.0 Å². The van der Waals surface area contributed by atoms with Gasteiger partial charge in [-0.3, -0.25) is 9.36 Å². The van der Waals surface area contributed by atoms with Gasteiger partial charge in [-0.05, 0) is 37.5 Å². The van der Waals surface area contributed by atoms with E-state index in [0.29, 0.717) is 17.9 Å². The Labute approximate surface area is 175 Å². The number of halogens is 3. The number of alkyl halides is 2. The fourth-order valence-corrected chi connectivity index (χ4v) is 3.59. The molecular formula is C21H20F3N5O2. The molecule has 3 heterocycles. The van der Waals surface area contributed by atoms with Crippen LogP contribution < -0.4 is 20.9 Å². The Bertz CT molecular complexity index is 1090. The summed E-state index contributed by atoms with van der Waals surface area (Å²) in [4.78, 5) is 20.1. The highest BCUT2D eigenvalue weighted by atomic mass is 19.3. The Hall–Kier alpha value is -3.56. The van der Waals surface area contributed by atoms with Crippen molar-refractivity contribution in [2.24, 2.45) is 0 Å². The van der Waals surface area contributed by atoms with E-state index >= 15 is 0 Å². The van der Waals surface area contributed by atoms with Gasteiger partial charge in [0.15, 0.2) is 11.6 Å². The number of aromatic nitrogens is 3. The smallest absolute Gasteiger partial charge is 0.387 e. The highest BCUT2D eigenvalue weighted by Crippen LogP contribution is 2.27. The van der Waals surface area contributed by atoms with Crippen LogP contribution in [0.5, 0.6) is 5.75 Å². The molecule has 0 spiro atoms. The molecule has 0 bridgehead atoms. The number of hydrogen-bond donors (Lipinski definition) is 2. The van der Waals surface area contributed by atoms with Gasteiger partial charge >= 0.3 is 6.61 Å². The molecule has 0 saturated heterocycles. The van der Waals surface area contributed by atoms with Crippen LogP contribution in [-0.2, 0) is 0 Å². The van der Waals surface area contributed by atoms with E-state index in [2.05, 4.69) is 25.3 Å². The van der Waals surface area contributed by atoms with E-state index in [0.717, 1.165) is 25.1 Å². The number of nitrogens with one attached hydrogen (secondary N) is 2. The van der Waals surface area contributed by atoms with E-state index in [1.54, 1.807) is 30.6 Å². The molecule has 0 amide bonds. The van der Waals surface area contributed by atoms with Crippen molar-refractivity contribution in [3.8, 4) is 11.4 Å². The van der Waals surface area contributed by atoms with Gasteiger partial charge in [0, 0.05) is 30.4 Å². The van der Waals surface area contributed by atoms with Gasteiger partial charge in [0.1, 0.15) is 11.6 Å². The zero-order valence-corrected chi connectivity index (χ0v) is 16.3. The summed E-state index contributed by atoms with van der Waals surface area (Å²) < 4.78 is 44.2. The molecule has 2 atom stereocenters. The van der Waals surface area contributed by atoms with Crippen molar-refractivity contribution in [1.82, 2.24) is 14.5 Å². The molecule has 10 heteroatoms. The fraction of sp³-hybridized carbons (Fsp3) is 0.286. The molecule has 0 aromatic carbocycles. The summed E-state index contributed by atoms with van der Waals surface area (Å²) in [6.07, 6.45) is 6.69. The lowest BCUT2D eigenvalue weighted by Crippen LogP contribution is -2.22. The summed E-state index contributed by atoms with van der Waals surface area (Å²) in [7, 11) is 0. The minimum atomic E-state index is -3.03. The number of ether oxygens (including phenoxy) is 1. The SMILES string of the molecule is O=c1ccccn1-c1ccc(N[C@H]2CC[C@H](Nc3ncc(OC(F)F)cc3F)C2)nc1. The molecule has 0 radical (unpaired) electrons. The van der Waals surface area contributed by atoms with Crippen LogP contribution >= 0.6 is 0 Å². The van der Waals surface area contributed by atoms with E-state index in [1.165, 1.54) is 10.6 Å². The van der Waals surface area contributed by atoms with Crippen LogP contribution in [0, 0.1) is 5.82 Å². The Kier molecular flexibility index (Phi) is 6.06. The van der Waals surface area contributed by atoms with Gasteiger partial charge in [-0.15, -0.1) is 0 Å². The molecule has 1 fully saturated rings. The van der Waals surface area contributed by atoms with Gasteiger partial charge in [0.25, 0.3) is 5.56 Å². The first-order valence-corrected chi connectivity index (χ1v) is 9.75. The van der Waals surface area contributed by atoms with Gasteiger partial charge < -0.3 is 15.4 Å². The maximum atomic E-state index is 14.1. The molecule has 4 rings (SSSR count). The predicted molar refractivity (Wildman–Crippen MR) is 109 cm³/mol. The van der Waals surface area contributed by atoms with Gasteiger partial charge in [-0.1, -0.05) is 6.07 Å². The van der Waals surface area contributed by atoms with Crippen LogP contribution in [0.25, 0.3) is 5.69 Å². The molecule has 0 unspecified atom stereocenters. The summed E-state index contributed by atoms with van der Waals surface area (Å²) in [6.45, 7) is -3.03. The Morgan fingerprint density at radius 3 is 2.55 bits per heavy atom. The van der Waals surface area contributed by atoms with Crippen LogP contribution in [0.3, 0.4) is 0 Å². The first-order chi connectivity index (χ1) is 15.0. The van der Waals surface area contributed by atoms with Crippen molar-refractivity contribution in [3.63, 3.8) is 0 Å². The zero-order chi connectivity index (χ0) is 21.8. The average Bonchev–Trinajstić information content (AvgIpc) is 3.17. The van der Waals surface area contributed by atoms with Crippen LogP contribution in [0.2, 0.25) is 0 Å². The van der Waals surface area contributed by atoms with E-state index in [-0.39, 0.29) is 29.2 Å². The molecule has 2 N–H and O–H groups in total. The number of anilines is 2. The first-order valence-electron chi connectivity index (χ1n) is 9.75. The molecule has 1 aliphatic carbocycles. The van der Waals surface area contributed by atoms with E-state index in [1.807, 2.05) is 6.07 Å². The van der Waals surface area contributed by atoms with Crippen molar-refractivity contribution in [2.75, 3.05) is 10.6 Å². The van der Waals surface area contributed by atoms with Crippen molar-refractivity contribution in [3.05, 3.63) is 71.2 Å². The lowest BCUT2D eigenvalue weighted by Gasteiger charge is -2.16. The minimum Gasteiger partial charge on any atom is -0.433 e. The lowest BCUT2D eigenvalue weighted by atomic mass is 10.2. The Morgan fingerprint density at radius 2 is 1.87 bits per heavy atom. The second-order valence-corrected chi connectivity index (χ2v) is 7.19. The molecule has 1 saturated carbocycles. The highest BCUT2D eigenvalue weighted by Gasteiger charge is 2.26. The largest absolute Gasteiger partial charge is 0.433 e. The Balaban J connectivity index is 1.33. The summed E-state index contributed by atoms with van der Waals surface area (Å²) in [5.41, 5.74) is 0.535. The summed E-state index contributed by atoms with van der Waals surface area (Å²) in [5.74, 6) is -0.390. The number of rotatable bonds is 7. The lowest BCUT2D eigenvalue weighted by molar-refractivity contribution is -0.0502.